The van der Waals surface area contributed by atoms with Gasteiger partial charge in [-0.2, -0.15) is 0 Å². The Kier molecular flexibility index (Phi) is 6.58. The van der Waals surface area contributed by atoms with Crippen LogP contribution < -0.4 is 9.64 Å². The van der Waals surface area contributed by atoms with Crippen molar-refractivity contribution in [3.63, 3.8) is 0 Å². The highest BCUT2D eigenvalue weighted by Gasteiger charge is 2.48. The molecule has 1 unspecified atom stereocenters. The van der Waals surface area contributed by atoms with E-state index in [4.69, 9.17) is 39.5 Å². The van der Waals surface area contributed by atoms with Crippen LogP contribution in [-0.2, 0) is 9.59 Å². The lowest BCUT2D eigenvalue weighted by molar-refractivity contribution is -0.132. The van der Waals surface area contributed by atoms with Crippen LogP contribution in [0.2, 0.25) is 15.1 Å². The number of rotatable bonds is 4. The first-order valence-corrected chi connectivity index (χ1v) is 11.1. The standard InChI is InChI=1S/C25H17Cl3FNO4/c1-12-7-17(24(34-2)18(28)8-12)22(31)20-21(16-5-3-4-6-19(16)29)30(25(33)23(20)32)15-10-13(26)9-14(27)11-15/h3-11,21,31H,1-2H3/b22-20+. The molecule has 1 fully saturated rings. The molecule has 0 radical (unpaired) electrons. The van der Waals surface area contributed by atoms with Crippen molar-refractivity contribution in [3.8, 4) is 5.75 Å². The number of halogens is 4. The molecule has 0 bridgehead atoms. The van der Waals surface area contributed by atoms with E-state index in [1.807, 2.05) is 0 Å². The zero-order chi connectivity index (χ0) is 24.7. The minimum absolute atomic E-state index is 0.00272. The molecule has 3 aromatic carbocycles. The second-order valence-electron chi connectivity index (χ2n) is 7.65. The van der Waals surface area contributed by atoms with E-state index in [1.54, 1.807) is 25.1 Å². The van der Waals surface area contributed by atoms with Gasteiger partial charge in [0.25, 0.3) is 11.7 Å². The molecule has 1 saturated heterocycles. The summed E-state index contributed by atoms with van der Waals surface area (Å²) in [5.74, 6) is -3.11. The highest BCUT2D eigenvalue weighted by Crippen LogP contribution is 2.45. The largest absolute Gasteiger partial charge is 0.507 e. The molecule has 174 valence electrons. The molecule has 9 heteroatoms. The van der Waals surface area contributed by atoms with Gasteiger partial charge >= 0.3 is 0 Å². The smallest absolute Gasteiger partial charge is 0.300 e. The van der Waals surface area contributed by atoms with Gasteiger partial charge < -0.3 is 9.84 Å². The topological polar surface area (TPSA) is 66.8 Å². The van der Waals surface area contributed by atoms with E-state index in [2.05, 4.69) is 0 Å². The van der Waals surface area contributed by atoms with Crippen molar-refractivity contribution in [2.24, 2.45) is 0 Å². The SMILES string of the molecule is COc1c(Cl)cc(C)cc1/C(O)=C1\C(=O)C(=O)N(c2cc(Cl)cc(Cl)c2)C1c1ccccc1F. The van der Waals surface area contributed by atoms with E-state index in [0.29, 0.717) is 5.56 Å². The van der Waals surface area contributed by atoms with Crippen LogP contribution in [0.25, 0.3) is 5.76 Å². The van der Waals surface area contributed by atoms with Crippen molar-refractivity contribution >= 4 is 57.9 Å². The molecule has 1 N–H and O–H groups in total. The first kappa shape index (κ1) is 24.1. The number of aliphatic hydroxyl groups excluding tert-OH is 1. The van der Waals surface area contributed by atoms with E-state index >= 15 is 4.39 Å². The van der Waals surface area contributed by atoms with Crippen LogP contribution in [0.3, 0.4) is 0 Å². The van der Waals surface area contributed by atoms with Crippen molar-refractivity contribution < 1.29 is 23.8 Å². The van der Waals surface area contributed by atoms with Crippen LogP contribution in [0, 0.1) is 12.7 Å². The molecule has 0 saturated carbocycles. The van der Waals surface area contributed by atoms with Gasteiger partial charge in [-0.15, -0.1) is 0 Å². The lowest BCUT2D eigenvalue weighted by atomic mass is 9.94. The Balaban J connectivity index is 2.05. The molecule has 1 atom stereocenters. The minimum atomic E-state index is -1.31. The summed E-state index contributed by atoms with van der Waals surface area (Å²) in [6.45, 7) is 1.74. The van der Waals surface area contributed by atoms with E-state index < -0.39 is 29.3 Å². The Morgan fingerprint density at radius 2 is 1.68 bits per heavy atom. The van der Waals surface area contributed by atoms with E-state index in [9.17, 15) is 14.7 Å². The maximum atomic E-state index is 15.0. The van der Waals surface area contributed by atoms with Crippen LogP contribution in [0.1, 0.15) is 22.7 Å². The monoisotopic (exact) mass is 519 g/mol. The summed E-state index contributed by atoms with van der Waals surface area (Å²) in [6.07, 6.45) is 0. The highest BCUT2D eigenvalue weighted by atomic mass is 35.5. The Hall–Kier alpha value is -3.06. The Bertz CT molecular complexity index is 1350. The van der Waals surface area contributed by atoms with Crippen LogP contribution in [0.15, 0.2) is 60.2 Å². The van der Waals surface area contributed by atoms with Crippen LogP contribution in [0.5, 0.6) is 5.75 Å². The number of carbonyl (C=O) groups excluding carboxylic acids is 2. The van der Waals surface area contributed by atoms with Crippen molar-refractivity contribution in [2.75, 3.05) is 12.0 Å². The Morgan fingerprint density at radius 3 is 2.29 bits per heavy atom. The van der Waals surface area contributed by atoms with Gasteiger partial charge in [-0.25, -0.2) is 4.39 Å². The quantitative estimate of drug-likeness (QED) is 0.235. The summed E-state index contributed by atoms with van der Waals surface area (Å²) in [5, 5.41) is 12.0. The maximum Gasteiger partial charge on any atom is 0.300 e. The number of carbonyl (C=O) groups is 2. The second kappa shape index (κ2) is 9.29. The average Bonchev–Trinajstić information content (AvgIpc) is 3.03. The van der Waals surface area contributed by atoms with Crippen molar-refractivity contribution in [2.45, 2.75) is 13.0 Å². The molecule has 4 rings (SSSR count). The normalized spacial score (nSPS) is 17.4. The number of aliphatic hydroxyl groups is 1. The number of nitrogens with zero attached hydrogens (tertiary/aromatic N) is 1. The summed E-state index contributed by atoms with van der Waals surface area (Å²) in [5.41, 5.74) is 0.603. The number of Topliss-reactive ketones (excluding diaryl/α,β-unsaturated/α-hetero) is 1. The Morgan fingerprint density at radius 1 is 1.03 bits per heavy atom. The first-order valence-electron chi connectivity index (χ1n) is 10.00. The number of ether oxygens (including phenoxy) is 1. The summed E-state index contributed by atoms with van der Waals surface area (Å²) in [7, 11) is 1.36. The third kappa shape index (κ3) is 4.13. The van der Waals surface area contributed by atoms with Gasteiger partial charge in [-0.1, -0.05) is 53.0 Å². The number of anilines is 1. The minimum Gasteiger partial charge on any atom is -0.507 e. The molecule has 0 aromatic heterocycles. The Labute approximate surface area is 209 Å². The maximum absolute atomic E-state index is 15.0. The lowest BCUT2D eigenvalue weighted by Gasteiger charge is -2.26. The molecule has 34 heavy (non-hydrogen) atoms. The van der Waals surface area contributed by atoms with Gasteiger partial charge in [0.05, 0.1) is 29.3 Å². The predicted octanol–water partition coefficient (Wildman–Crippen LogP) is 6.73. The molecule has 1 aliphatic heterocycles. The molecule has 3 aromatic rings. The number of benzene rings is 3. The molecular weight excluding hydrogens is 504 g/mol. The zero-order valence-electron chi connectivity index (χ0n) is 17.9. The van der Waals surface area contributed by atoms with Gasteiger partial charge in [0.1, 0.15) is 17.3 Å². The third-order valence-electron chi connectivity index (χ3n) is 5.42. The van der Waals surface area contributed by atoms with Crippen molar-refractivity contribution in [3.05, 3.63) is 97.7 Å². The number of amides is 1. The summed E-state index contributed by atoms with van der Waals surface area (Å²) < 4.78 is 20.3. The predicted molar refractivity (Wildman–Crippen MR) is 130 cm³/mol. The number of hydrogen-bond donors (Lipinski definition) is 1. The van der Waals surface area contributed by atoms with E-state index in [-0.39, 0.29) is 43.2 Å². The third-order valence-corrected chi connectivity index (χ3v) is 6.13. The fraction of sp³-hybridized carbons (Fsp3) is 0.120. The van der Waals surface area contributed by atoms with Gasteiger partial charge in [0, 0.05) is 21.3 Å². The summed E-state index contributed by atoms with van der Waals surface area (Å²) in [6, 6.07) is 11.9. The van der Waals surface area contributed by atoms with Crippen LogP contribution >= 0.6 is 34.8 Å². The highest BCUT2D eigenvalue weighted by molar-refractivity contribution is 6.52. The summed E-state index contributed by atoms with van der Waals surface area (Å²) >= 11 is 18.5. The van der Waals surface area contributed by atoms with Crippen LogP contribution in [-0.4, -0.2) is 23.9 Å². The fourth-order valence-electron chi connectivity index (χ4n) is 4.03. The number of methoxy groups -OCH3 is 1. The first-order chi connectivity index (χ1) is 16.1. The van der Waals surface area contributed by atoms with E-state index in [1.165, 1.54) is 43.5 Å². The van der Waals surface area contributed by atoms with Crippen molar-refractivity contribution in [1.29, 1.82) is 0 Å². The number of ketones is 1. The molecule has 1 amide bonds. The molecule has 5 nitrogen and oxygen atoms in total. The van der Waals surface area contributed by atoms with Gasteiger partial charge in [-0.3, -0.25) is 14.5 Å². The number of aryl methyl sites for hydroxylation is 1. The zero-order valence-corrected chi connectivity index (χ0v) is 20.2. The van der Waals surface area contributed by atoms with Gasteiger partial charge in [0.2, 0.25) is 0 Å². The molecule has 0 spiro atoms. The summed E-state index contributed by atoms with van der Waals surface area (Å²) in [4.78, 5) is 27.6. The van der Waals surface area contributed by atoms with Gasteiger partial charge in [-0.05, 0) is 48.9 Å². The number of hydrogen-bond acceptors (Lipinski definition) is 4. The lowest BCUT2D eigenvalue weighted by Crippen LogP contribution is -2.29. The molecule has 1 heterocycles. The van der Waals surface area contributed by atoms with Crippen molar-refractivity contribution in [1.82, 2.24) is 0 Å². The van der Waals surface area contributed by atoms with Crippen LogP contribution in [0.4, 0.5) is 10.1 Å². The molecule has 0 aliphatic carbocycles. The second-order valence-corrected chi connectivity index (χ2v) is 8.93. The average molecular weight is 521 g/mol. The van der Waals surface area contributed by atoms with Gasteiger partial charge in [0.15, 0.2) is 0 Å². The molecular formula is C25H17Cl3FNO4. The molecule has 1 aliphatic rings. The fourth-order valence-corrected chi connectivity index (χ4v) is 4.89. The van der Waals surface area contributed by atoms with E-state index in [0.717, 1.165) is 4.90 Å².